The van der Waals surface area contributed by atoms with E-state index in [0.29, 0.717) is 18.0 Å². The second-order valence-electron chi connectivity index (χ2n) is 4.94. The van der Waals surface area contributed by atoms with Gasteiger partial charge in [-0.1, -0.05) is 19.9 Å². The Morgan fingerprint density at radius 1 is 1.67 bits per heavy atom. The molecular weight excluding hydrogens is 188 g/mol. The van der Waals surface area contributed by atoms with Crippen molar-refractivity contribution in [3.63, 3.8) is 0 Å². The molecule has 1 aliphatic rings. The highest BCUT2D eigenvalue weighted by Crippen LogP contribution is 2.52. The first kappa shape index (κ1) is 10.1. The van der Waals surface area contributed by atoms with Gasteiger partial charge in [-0.15, -0.1) is 0 Å². The lowest BCUT2D eigenvalue weighted by atomic mass is 10.0. The number of carbonyl (C=O) groups excluding carboxylic acids is 1. The van der Waals surface area contributed by atoms with Crippen molar-refractivity contribution in [2.24, 2.45) is 11.3 Å². The van der Waals surface area contributed by atoms with Gasteiger partial charge in [0.15, 0.2) is 0 Å². The number of nitrogens with two attached hydrogens (primary N) is 1. The number of hydrogen-bond acceptors (Lipinski definition) is 3. The van der Waals surface area contributed by atoms with Crippen molar-refractivity contribution in [1.82, 2.24) is 4.98 Å². The molecule has 0 radical (unpaired) electrons. The van der Waals surface area contributed by atoms with Gasteiger partial charge in [-0.2, -0.15) is 0 Å². The van der Waals surface area contributed by atoms with E-state index in [0.717, 1.165) is 12.0 Å². The maximum Gasteiger partial charge on any atom is 0.141 e. The summed E-state index contributed by atoms with van der Waals surface area (Å²) in [6.45, 7) is 4.25. The van der Waals surface area contributed by atoms with Crippen LogP contribution in [0.3, 0.4) is 0 Å². The van der Waals surface area contributed by atoms with Crippen LogP contribution in [-0.2, 0) is 11.2 Å². The maximum atomic E-state index is 11.9. The summed E-state index contributed by atoms with van der Waals surface area (Å²) >= 11 is 0. The number of nitrogens with zero attached hydrogens (tertiary/aromatic N) is 1. The first-order valence-electron chi connectivity index (χ1n) is 5.23. The largest absolute Gasteiger partial charge is 0.383 e. The Morgan fingerprint density at radius 3 is 2.87 bits per heavy atom. The molecule has 15 heavy (non-hydrogen) atoms. The molecule has 1 atom stereocenters. The highest BCUT2D eigenvalue weighted by Gasteiger charge is 2.49. The molecule has 1 unspecified atom stereocenters. The summed E-state index contributed by atoms with van der Waals surface area (Å²) in [5.74, 6) is 0.987. The van der Waals surface area contributed by atoms with Gasteiger partial charge in [-0.25, -0.2) is 4.98 Å². The molecule has 1 fully saturated rings. The van der Waals surface area contributed by atoms with E-state index < -0.39 is 0 Å². The highest BCUT2D eigenvalue weighted by atomic mass is 16.1. The number of pyridine rings is 1. The van der Waals surface area contributed by atoms with E-state index >= 15 is 0 Å². The lowest BCUT2D eigenvalue weighted by Gasteiger charge is -2.04. The zero-order valence-electron chi connectivity index (χ0n) is 9.16. The number of anilines is 1. The van der Waals surface area contributed by atoms with E-state index in [9.17, 15) is 4.79 Å². The average molecular weight is 204 g/mol. The van der Waals surface area contributed by atoms with Crippen LogP contribution in [-0.4, -0.2) is 10.8 Å². The molecule has 3 heteroatoms. The second kappa shape index (κ2) is 3.33. The number of carbonyl (C=O) groups is 1. The fraction of sp³-hybridized carbons (Fsp3) is 0.500. The van der Waals surface area contributed by atoms with Crippen LogP contribution in [0.5, 0.6) is 0 Å². The van der Waals surface area contributed by atoms with Gasteiger partial charge in [0, 0.05) is 24.1 Å². The number of rotatable bonds is 3. The summed E-state index contributed by atoms with van der Waals surface area (Å²) in [4.78, 5) is 15.8. The Labute approximate surface area is 89.7 Å². The minimum Gasteiger partial charge on any atom is -0.383 e. The molecule has 0 saturated heterocycles. The predicted octanol–water partition coefficient (Wildman–Crippen LogP) is 1.82. The van der Waals surface area contributed by atoms with Crippen LogP contribution in [0.4, 0.5) is 5.82 Å². The maximum absolute atomic E-state index is 11.9. The number of Topliss-reactive ketones (excluding diaryl/α,β-unsaturated/α-hetero) is 1. The molecule has 0 aromatic carbocycles. The summed E-state index contributed by atoms with van der Waals surface area (Å²) in [6.07, 6.45) is 3.07. The summed E-state index contributed by atoms with van der Waals surface area (Å²) in [5, 5.41) is 0. The van der Waals surface area contributed by atoms with Crippen molar-refractivity contribution >= 4 is 11.6 Å². The van der Waals surface area contributed by atoms with Crippen LogP contribution in [0.15, 0.2) is 18.3 Å². The van der Waals surface area contributed by atoms with E-state index in [1.807, 2.05) is 12.1 Å². The molecule has 1 heterocycles. The molecule has 1 aromatic rings. The third-order valence-corrected chi connectivity index (χ3v) is 3.19. The Balaban J connectivity index is 2.05. The standard InChI is InChI=1S/C12H16N2O/c1-12(2)7-9(12)10(15)6-8-4-3-5-14-11(8)13/h3-5,9H,6-7H2,1-2H3,(H2,13,14). The number of hydrogen-bond donors (Lipinski definition) is 1. The Bertz CT molecular complexity index is 398. The van der Waals surface area contributed by atoms with E-state index in [1.165, 1.54) is 0 Å². The molecule has 0 spiro atoms. The van der Waals surface area contributed by atoms with Gasteiger partial charge in [0.25, 0.3) is 0 Å². The van der Waals surface area contributed by atoms with Crippen LogP contribution in [0, 0.1) is 11.3 Å². The lowest BCUT2D eigenvalue weighted by Crippen LogP contribution is -2.11. The Hall–Kier alpha value is -1.38. The fourth-order valence-electron chi connectivity index (χ4n) is 1.93. The fourth-order valence-corrected chi connectivity index (χ4v) is 1.93. The van der Waals surface area contributed by atoms with Gasteiger partial charge in [0.2, 0.25) is 0 Å². The van der Waals surface area contributed by atoms with Crippen LogP contribution in [0.2, 0.25) is 0 Å². The summed E-state index contributed by atoms with van der Waals surface area (Å²) in [6, 6.07) is 3.69. The van der Waals surface area contributed by atoms with Crippen molar-refractivity contribution in [3.05, 3.63) is 23.9 Å². The second-order valence-corrected chi connectivity index (χ2v) is 4.94. The molecule has 80 valence electrons. The molecule has 1 aliphatic carbocycles. The first-order valence-corrected chi connectivity index (χ1v) is 5.23. The third-order valence-electron chi connectivity index (χ3n) is 3.19. The Morgan fingerprint density at radius 2 is 2.33 bits per heavy atom. The van der Waals surface area contributed by atoms with Gasteiger partial charge in [-0.05, 0) is 17.9 Å². The van der Waals surface area contributed by atoms with Gasteiger partial charge in [-0.3, -0.25) is 4.79 Å². The van der Waals surface area contributed by atoms with Gasteiger partial charge < -0.3 is 5.73 Å². The molecule has 0 amide bonds. The molecule has 1 aromatic heterocycles. The number of aromatic nitrogens is 1. The minimum atomic E-state index is 0.202. The molecule has 3 nitrogen and oxygen atoms in total. The van der Waals surface area contributed by atoms with Crippen molar-refractivity contribution < 1.29 is 4.79 Å². The topological polar surface area (TPSA) is 56.0 Å². The quantitative estimate of drug-likeness (QED) is 0.817. The summed E-state index contributed by atoms with van der Waals surface area (Å²) in [5.41, 5.74) is 6.75. The van der Waals surface area contributed by atoms with Crippen LogP contribution in [0.1, 0.15) is 25.8 Å². The minimum absolute atomic E-state index is 0.202. The molecule has 0 bridgehead atoms. The number of nitrogen functional groups attached to an aromatic ring is 1. The van der Waals surface area contributed by atoms with Gasteiger partial charge >= 0.3 is 0 Å². The van der Waals surface area contributed by atoms with Crippen molar-refractivity contribution in [1.29, 1.82) is 0 Å². The predicted molar refractivity (Wildman–Crippen MR) is 59.2 cm³/mol. The molecule has 2 rings (SSSR count). The van der Waals surface area contributed by atoms with Crippen molar-refractivity contribution in [2.45, 2.75) is 26.7 Å². The SMILES string of the molecule is CC1(C)CC1C(=O)Cc1cccnc1N. The van der Waals surface area contributed by atoms with Gasteiger partial charge in [0.05, 0.1) is 0 Å². The molecule has 0 aliphatic heterocycles. The molecule has 2 N–H and O–H groups in total. The van der Waals surface area contributed by atoms with E-state index in [-0.39, 0.29) is 11.3 Å². The summed E-state index contributed by atoms with van der Waals surface area (Å²) < 4.78 is 0. The number of ketones is 1. The monoisotopic (exact) mass is 204 g/mol. The van der Waals surface area contributed by atoms with Gasteiger partial charge in [0.1, 0.15) is 11.6 Å². The Kier molecular flexibility index (Phi) is 2.25. The van der Waals surface area contributed by atoms with Crippen LogP contribution >= 0.6 is 0 Å². The first-order chi connectivity index (χ1) is 7.00. The molecule has 1 saturated carbocycles. The zero-order valence-corrected chi connectivity index (χ0v) is 9.16. The molecular formula is C12H16N2O. The van der Waals surface area contributed by atoms with E-state index in [1.54, 1.807) is 6.20 Å². The van der Waals surface area contributed by atoms with Crippen molar-refractivity contribution in [3.8, 4) is 0 Å². The normalized spacial score (nSPS) is 22.4. The summed E-state index contributed by atoms with van der Waals surface area (Å²) in [7, 11) is 0. The highest BCUT2D eigenvalue weighted by molar-refractivity contribution is 5.87. The van der Waals surface area contributed by atoms with Crippen molar-refractivity contribution in [2.75, 3.05) is 5.73 Å². The third kappa shape index (κ3) is 2.01. The average Bonchev–Trinajstić information content (AvgIpc) is 2.79. The zero-order chi connectivity index (χ0) is 11.1. The van der Waals surface area contributed by atoms with E-state index in [2.05, 4.69) is 18.8 Å². The van der Waals surface area contributed by atoms with Crippen LogP contribution < -0.4 is 5.73 Å². The van der Waals surface area contributed by atoms with E-state index in [4.69, 9.17) is 5.73 Å². The lowest BCUT2D eigenvalue weighted by molar-refractivity contribution is -0.120. The smallest absolute Gasteiger partial charge is 0.141 e. The van der Waals surface area contributed by atoms with Crippen LogP contribution in [0.25, 0.3) is 0 Å².